The molecule has 3 aromatic rings. The van der Waals surface area contributed by atoms with E-state index >= 15 is 8.78 Å². The highest BCUT2D eigenvalue weighted by Crippen LogP contribution is 2.52. The summed E-state index contributed by atoms with van der Waals surface area (Å²) in [6.45, 7) is 5.83. The summed E-state index contributed by atoms with van der Waals surface area (Å²) in [5.74, 6) is -4.24. The third kappa shape index (κ3) is 5.42. The summed E-state index contributed by atoms with van der Waals surface area (Å²) in [5, 5.41) is 16.7. The topological polar surface area (TPSA) is 108 Å². The van der Waals surface area contributed by atoms with Gasteiger partial charge in [0.15, 0.2) is 0 Å². The Hall–Kier alpha value is -3.51. The number of benzene rings is 3. The Morgan fingerprint density at radius 2 is 1.80 bits per heavy atom. The standard InChI is InChI=1S/C30H28Cl2F2N4O2/c1-29(2,3)14-23-30(15-35,19-12-11-16(31)13-21(19)33)24(18-8-6-9-20(32)25(18)34)26(38-23)28(40)37-22-10-5-4-7-17(22)27(36)39/h4-13,23-24,26,38H,14H2,1-3H3,(H2,36,39)(H,37,40)/t23-,24?,26+,30-/m0/s1. The highest BCUT2D eigenvalue weighted by atomic mass is 35.5. The first kappa shape index (κ1) is 29.5. The van der Waals surface area contributed by atoms with E-state index in [-0.39, 0.29) is 37.8 Å². The van der Waals surface area contributed by atoms with Gasteiger partial charge in [-0.25, -0.2) is 8.78 Å². The lowest BCUT2D eigenvalue weighted by Gasteiger charge is -2.37. The van der Waals surface area contributed by atoms with Crippen molar-refractivity contribution in [3.05, 3.63) is 99.0 Å². The van der Waals surface area contributed by atoms with Gasteiger partial charge in [0.1, 0.15) is 17.0 Å². The number of hydrogen-bond donors (Lipinski definition) is 3. The van der Waals surface area contributed by atoms with Gasteiger partial charge in [-0.15, -0.1) is 0 Å². The number of primary amides is 1. The summed E-state index contributed by atoms with van der Waals surface area (Å²) >= 11 is 12.2. The van der Waals surface area contributed by atoms with Crippen LogP contribution in [0.5, 0.6) is 0 Å². The molecule has 1 heterocycles. The molecule has 3 aromatic carbocycles. The van der Waals surface area contributed by atoms with Crippen molar-refractivity contribution in [2.75, 3.05) is 5.32 Å². The highest BCUT2D eigenvalue weighted by Gasteiger charge is 2.61. The van der Waals surface area contributed by atoms with Crippen LogP contribution in [0.3, 0.4) is 0 Å². The largest absolute Gasteiger partial charge is 0.366 e. The second-order valence-electron chi connectivity index (χ2n) is 11.1. The quantitative estimate of drug-likeness (QED) is 0.314. The molecule has 1 aliphatic heterocycles. The van der Waals surface area contributed by atoms with Gasteiger partial charge in [0.25, 0.3) is 5.91 Å². The molecule has 40 heavy (non-hydrogen) atoms. The third-order valence-electron chi connectivity index (χ3n) is 7.18. The second kappa shape index (κ2) is 11.2. The van der Waals surface area contributed by atoms with Gasteiger partial charge >= 0.3 is 0 Å². The molecule has 4 atom stereocenters. The summed E-state index contributed by atoms with van der Waals surface area (Å²) < 4.78 is 31.4. The van der Waals surface area contributed by atoms with Crippen molar-refractivity contribution < 1.29 is 18.4 Å². The summed E-state index contributed by atoms with van der Waals surface area (Å²) in [6.07, 6.45) is 0.322. The van der Waals surface area contributed by atoms with Crippen LogP contribution in [-0.4, -0.2) is 23.9 Å². The van der Waals surface area contributed by atoms with E-state index < -0.39 is 46.9 Å². The van der Waals surface area contributed by atoms with Crippen molar-refractivity contribution in [3.63, 3.8) is 0 Å². The summed E-state index contributed by atoms with van der Waals surface area (Å²) in [7, 11) is 0. The maximum Gasteiger partial charge on any atom is 0.250 e. The van der Waals surface area contributed by atoms with Crippen LogP contribution in [0.15, 0.2) is 60.7 Å². The molecule has 208 valence electrons. The Balaban J connectivity index is 1.98. The van der Waals surface area contributed by atoms with E-state index in [1.165, 1.54) is 42.5 Å². The van der Waals surface area contributed by atoms with Gasteiger partial charge in [0.05, 0.1) is 28.4 Å². The molecule has 0 spiro atoms. The monoisotopic (exact) mass is 584 g/mol. The molecule has 0 bridgehead atoms. The van der Waals surface area contributed by atoms with Gasteiger partial charge in [0, 0.05) is 22.5 Å². The van der Waals surface area contributed by atoms with Gasteiger partial charge in [0.2, 0.25) is 5.91 Å². The van der Waals surface area contributed by atoms with Gasteiger partial charge < -0.3 is 16.4 Å². The van der Waals surface area contributed by atoms with E-state index in [4.69, 9.17) is 28.9 Å². The summed E-state index contributed by atoms with van der Waals surface area (Å²) in [6, 6.07) is 14.7. The molecule has 6 nitrogen and oxygen atoms in total. The zero-order valence-corrected chi connectivity index (χ0v) is 23.6. The molecular weight excluding hydrogens is 557 g/mol. The Labute approximate surface area is 241 Å². The second-order valence-corrected chi connectivity index (χ2v) is 11.9. The molecule has 0 saturated carbocycles. The fraction of sp³-hybridized carbons (Fsp3) is 0.300. The number of nitrogens with one attached hydrogen (secondary N) is 2. The molecule has 4 N–H and O–H groups in total. The van der Waals surface area contributed by atoms with Crippen LogP contribution < -0.4 is 16.4 Å². The minimum Gasteiger partial charge on any atom is -0.366 e. The number of hydrogen-bond acceptors (Lipinski definition) is 4. The number of nitriles is 1. The first-order valence-corrected chi connectivity index (χ1v) is 13.3. The average Bonchev–Trinajstić information content (AvgIpc) is 3.19. The van der Waals surface area contributed by atoms with Gasteiger partial charge in [-0.2, -0.15) is 5.26 Å². The number of amides is 2. The van der Waals surface area contributed by atoms with Crippen molar-refractivity contribution in [1.82, 2.24) is 5.32 Å². The van der Waals surface area contributed by atoms with Gasteiger partial charge in [-0.05, 0) is 47.7 Å². The molecule has 1 fully saturated rings. The Morgan fingerprint density at radius 3 is 2.42 bits per heavy atom. The van der Waals surface area contributed by atoms with E-state index in [1.807, 2.05) is 20.8 Å². The van der Waals surface area contributed by atoms with Crippen molar-refractivity contribution in [1.29, 1.82) is 5.26 Å². The molecule has 1 aliphatic rings. The number of carbonyl (C=O) groups is 2. The Bertz CT molecular complexity index is 1520. The number of nitrogens with two attached hydrogens (primary N) is 1. The molecule has 0 aromatic heterocycles. The molecule has 4 rings (SSSR count). The molecule has 1 unspecified atom stereocenters. The maximum atomic E-state index is 15.7. The lowest BCUT2D eigenvalue weighted by Crippen LogP contribution is -2.45. The normalized spacial score (nSPS) is 22.5. The molecule has 0 radical (unpaired) electrons. The van der Waals surface area contributed by atoms with Crippen LogP contribution in [-0.2, 0) is 10.2 Å². The Kier molecular flexibility index (Phi) is 8.23. The van der Waals surface area contributed by atoms with Crippen LogP contribution in [0, 0.1) is 28.4 Å². The van der Waals surface area contributed by atoms with E-state index in [0.29, 0.717) is 6.42 Å². The minimum atomic E-state index is -1.77. The Morgan fingerprint density at radius 1 is 1.10 bits per heavy atom. The predicted molar refractivity (Wildman–Crippen MR) is 151 cm³/mol. The predicted octanol–water partition coefficient (Wildman–Crippen LogP) is 6.33. The SMILES string of the molecule is CC(C)(C)C[C@@H]1N[C@@H](C(=O)Nc2ccccc2C(N)=O)C(c2cccc(Cl)c2F)[C@@]1(C#N)c1ccc(Cl)cc1F. The first-order valence-electron chi connectivity index (χ1n) is 12.6. The molecule has 0 aliphatic carbocycles. The number of para-hydroxylation sites is 1. The average molecular weight is 585 g/mol. The van der Waals surface area contributed by atoms with Crippen molar-refractivity contribution in [2.45, 2.75) is 50.6 Å². The molecule has 10 heteroatoms. The van der Waals surface area contributed by atoms with Crippen molar-refractivity contribution in [2.24, 2.45) is 11.1 Å². The summed E-state index contributed by atoms with van der Waals surface area (Å²) in [4.78, 5) is 25.9. The van der Waals surface area contributed by atoms with Crippen LogP contribution in [0.1, 0.15) is 54.6 Å². The first-order chi connectivity index (χ1) is 18.8. The number of nitrogens with zero attached hydrogens (tertiary/aromatic N) is 1. The fourth-order valence-electron chi connectivity index (χ4n) is 5.57. The third-order valence-corrected chi connectivity index (χ3v) is 7.71. The highest BCUT2D eigenvalue weighted by molar-refractivity contribution is 6.31. The van der Waals surface area contributed by atoms with E-state index in [2.05, 4.69) is 16.7 Å². The number of carbonyl (C=O) groups excluding carboxylic acids is 2. The lowest BCUT2D eigenvalue weighted by atomic mass is 9.62. The number of anilines is 1. The van der Waals surface area contributed by atoms with Crippen molar-refractivity contribution in [3.8, 4) is 6.07 Å². The maximum absolute atomic E-state index is 15.7. The molecular formula is C30H28Cl2F2N4O2. The minimum absolute atomic E-state index is 0.0293. The van der Waals surface area contributed by atoms with Gasteiger partial charge in [-0.3, -0.25) is 9.59 Å². The van der Waals surface area contributed by atoms with Crippen LogP contribution in [0.25, 0.3) is 0 Å². The smallest absolute Gasteiger partial charge is 0.250 e. The van der Waals surface area contributed by atoms with Crippen LogP contribution in [0.4, 0.5) is 14.5 Å². The molecule has 2 amide bonds. The zero-order valence-electron chi connectivity index (χ0n) is 22.1. The van der Waals surface area contributed by atoms with E-state index in [1.54, 1.807) is 12.1 Å². The van der Waals surface area contributed by atoms with E-state index in [0.717, 1.165) is 6.07 Å². The van der Waals surface area contributed by atoms with Crippen LogP contribution >= 0.6 is 23.2 Å². The van der Waals surface area contributed by atoms with E-state index in [9.17, 15) is 14.9 Å². The van der Waals surface area contributed by atoms with Crippen LogP contribution in [0.2, 0.25) is 10.0 Å². The number of rotatable bonds is 6. The van der Waals surface area contributed by atoms with Crippen molar-refractivity contribution >= 4 is 40.7 Å². The zero-order chi connectivity index (χ0) is 29.4. The lowest BCUT2D eigenvalue weighted by molar-refractivity contribution is -0.118. The van der Waals surface area contributed by atoms with Gasteiger partial charge in [-0.1, -0.05) is 74.3 Å². The summed E-state index contributed by atoms with van der Waals surface area (Å²) in [5.41, 5.74) is 3.50. The fourth-order valence-corrected chi connectivity index (χ4v) is 5.91. The molecule has 1 saturated heterocycles. The number of halogens is 4.